The van der Waals surface area contributed by atoms with E-state index >= 15 is 8.78 Å². The molecule has 6 rings (SSSR count). The molecule has 3 heterocycles. The van der Waals surface area contributed by atoms with E-state index in [0.29, 0.717) is 0 Å². The largest absolute Gasteiger partial charge is 0.573 e. The van der Waals surface area contributed by atoms with Crippen molar-refractivity contribution in [2.75, 3.05) is 0 Å². The standard InChI is InChI=1S/C30H6F10N10O2/c31-20-12(7-41)21(32)23(34)19(22(20)33)28-49-26(13(8-42)24-44-15-3-1-10(5-17(15)46-24)51-29(35,36)37)48-27(50-28)14(9-43)25-45-16-4-2-11(6-18(16)47-25)52-30(38,39)40/h1-6H/b24-13-,25-14-. The van der Waals surface area contributed by atoms with Crippen LogP contribution in [-0.2, 0) is 0 Å². The summed E-state index contributed by atoms with van der Waals surface area (Å²) in [5.74, 6) is -14.5. The van der Waals surface area contributed by atoms with Crippen molar-refractivity contribution in [3.05, 3.63) is 110 Å². The highest BCUT2D eigenvalue weighted by molar-refractivity contribution is 5.80. The van der Waals surface area contributed by atoms with Crippen molar-refractivity contribution < 1.29 is 53.4 Å². The molecular weight excluding hydrogens is 722 g/mol. The smallest absolute Gasteiger partial charge is 0.406 e. The summed E-state index contributed by atoms with van der Waals surface area (Å²) in [6, 6.07) is 9.53. The average molecular weight is 728 g/mol. The maximum atomic E-state index is 15.2. The van der Waals surface area contributed by atoms with Crippen LogP contribution in [-0.4, -0.2) is 27.7 Å². The number of rotatable bonds is 5. The zero-order valence-corrected chi connectivity index (χ0v) is 24.5. The molecular formula is C30H6F10N10O2. The maximum absolute atomic E-state index is 15.2. The van der Waals surface area contributed by atoms with Gasteiger partial charge in [0.2, 0.25) is 0 Å². The highest BCUT2D eigenvalue weighted by Crippen LogP contribution is 2.32. The molecule has 1 aromatic heterocycles. The van der Waals surface area contributed by atoms with Crippen LogP contribution in [0.4, 0.5) is 43.9 Å². The number of nitrogens with zero attached hydrogens (tertiary/aromatic N) is 10. The third kappa shape index (κ3) is 6.53. The molecule has 0 bridgehead atoms. The molecule has 12 nitrogen and oxygen atoms in total. The number of hydrogen-bond donors (Lipinski definition) is 0. The number of ether oxygens (including phenoxy) is 2. The predicted molar refractivity (Wildman–Crippen MR) is 146 cm³/mol. The van der Waals surface area contributed by atoms with E-state index in [-0.39, 0.29) is 21.4 Å². The third-order valence-corrected chi connectivity index (χ3v) is 6.62. The fourth-order valence-corrected chi connectivity index (χ4v) is 4.54. The number of aromatic nitrogens is 3. The van der Waals surface area contributed by atoms with Gasteiger partial charge >= 0.3 is 12.7 Å². The quantitative estimate of drug-likeness (QED) is 0.168. The van der Waals surface area contributed by atoms with Gasteiger partial charge in [-0.25, -0.2) is 52.5 Å². The lowest BCUT2D eigenvalue weighted by molar-refractivity contribution is -0.275. The molecule has 0 saturated carbocycles. The van der Waals surface area contributed by atoms with Gasteiger partial charge in [-0.2, -0.15) is 15.8 Å². The molecule has 0 N–H and O–H groups in total. The first-order valence-corrected chi connectivity index (χ1v) is 13.5. The van der Waals surface area contributed by atoms with E-state index < -0.39 is 98.9 Å². The van der Waals surface area contributed by atoms with Crippen LogP contribution in [0, 0.1) is 57.3 Å². The van der Waals surface area contributed by atoms with Gasteiger partial charge in [0.15, 0.2) is 52.4 Å². The first-order chi connectivity index (χ1) is 24.5. The number of allylic oxidation sites excluding steroid dienone is 2. The Kier molecular flexibility index (Phi) is 8.35. The topological polar surface area (TPSA) is 178 Å². The first-order valence-electron chi connectivity index (χ1n) is 13.5. The second-order valence-electron chi connectivity index (χ2n) is 9.89. The van der Waals surface area contributed by atoms with Gasteiger partial charge in [0.1, 0.15) is 46.4 Å². The maximum Gasteiger partial charge on any atom is 0.573 e. The summed E-state index contributed by atoms with van der Waals surface area (Å²) in [6.45, 7) is 0. The Hall–Kier alpha value is -7.28. The summed E-state index contributed by atoms with van der Waals surface area (Å²) in [5, 5.41) is 28.4. The number of fused-ring (bicyclic) bond motifs is 2. The molecule has 3 aromatic carbocycles. The van der Waals surface area contributed by atoms with E-state index in [1.807, 2.05) is 0 Å². The summed E-state index contributed by atoms with van der Waals surface area (Å²) in [7, 11) is 0. The molecule has 258 valence electrons. The summed E-state index contributed by atoms with van der Waals surface area (Å²) in [6.07, 6.45) is -10.2. The van der Waals surface area contributed by atoms with Crippen molar-refractivity contribution in [1.82, 2.24) is 15.0 Å². The van der Waals surface area contributed by atoms with Crippen LogP contribution in [0.3, 0.4) is 0 Å². The minimum Gasteiger partial charge on any atom is -0.406 e. The van der Waals surface area contributed by atoms with Crippen molar-refractivity contribution in [1.29, 1.82) is 15.8 Å². The van der Waals surface area contributed by atoms with E-state index in [1.54, 1.807) is 12.1 Å². The van der Waals surface area contributed by atoms with Crippen molar-refractivity contribution in [3.63, 3.8) is 0 Å². The Labute approximate surface area is 279 Å². The number of benzene rings is 3. The van der Waals surface area contributed by atoms with Gasteiger partial charge in [0.25, 0.3) is 0 Å². The van der Waals surface area contributed by atoms with Gasteiger partial charge in [-0.15, -0.1) is 26.3 Å². The summed E-state index contributed by atoms with van der Waals surface area (Å²) >= 11 is 0. The highest BCUT2D eigenvalue weighted by Gasteiger charge is 2.33. The lowest BCUT2D eigenvalue weighted by atomic mass is 10.1. The zero-order valence-electron chi connectivity index (χ0n) is 24.5. The number of halogens is 10. The molecule has 0 unspecified atom stereocenters. The first kappa shape index (κ1) is 34.6. The molecule has 2 aliphatic heterocycles. The molecule has 4 aromatic rings. The molecule has 0 amide bonds. The van der Waals surface area contributed by atoms with Crippen molar-refractivity contribution in [3.8, 4) is 41.1 Å². The van der Waals surface area contributed by atoms with E-state index in [0.717, 1.165) is 42.5 Å². The van der Waals surface area contributed by atoms with E-state index in [2.05, 4.69) is 44.4 Å². The zero-order chi connectivity index (χ0) is 37.7. The molecule has 0 radical (unpaired) electrons. The summed E-state index contributed by atoms with van der Waals surface area (Å²) in [5.41, 5.74) is -4.86. The van der Waals surface area contributed by atoms with Crippen LogP contribution < -0.4 is 30.9 Å². The molecule has 0 spiro atoms. The fourth-order valence-electron chi connectivity index (χ4n) is 4.54. The predicted octanol–water partition coefficient (Wildman–Crippen LogP) is 4.05. The van der Waals surface area contributed by atoms with Crippen LogP contribution in [0.5, 0.6) is 11.5 Å². The van der Waals surface area contributed by atoms with Crippen molar-refractivity contribution in [2.24, 2.45) is 20.0 Å². The molecule has 2 aliphatic rings. The van der Waals surface area contributed by atoms with E-state index in [9.17, 15) is 45.6 Å². The van der Waals surface area contributed by atoms with Gasteiger partial charge in [0.05, 0.1) is 27.0 Å². The normalized spacial score (nSPS) is 15.0. The number of alkyl halides is 6. The van der Waals surface area contributed by atoms with Gasteiger partial charge in [-0.05, 0) is 24.3 Å². The minimum atomic E-state index is -5.08. The van der Waals surface area contributed by atoms with Crippen molar-refractivity contribution in [2.45, 2.75) is 12.7 Å². The monoisotopic (exact) mass is 728 g/mol. The summed E-state index contributed by atoms with van der Waals surface area (Å²) < 4.78 is 144. The fraction of sp³-hybridized carbons (Fsp3) is 0.0667. The second kappa shape index (κ2) is 12.6. The lowest BCUT2D eigenvalue weighted by Crippen LogP contribution is -2.23. The molecule has 0 saturated heterocycles. The van der Waals surface area contributed by atoms with Gasteiger partial charge in [-0.3, -0.25) is 0 Å². The number of hydrogen-bond acceptors (Lipinski definition) is 12. The molecule has 0 atom stereocenters. The summed E-state index contributed by atoms with van der Waals surface area (Å²) in [4.78, 5) is 27.3. The van der Waals surface area contributed by atoms with Crippen LogP contribution in [0.25, 0.3) is 22.5 Å². The Bertz CT molecular complexity index is 2540. The molecule has 52 heavy (non-hydrogen) atoms. The minimum absolute atomic E-state index is 0.102. The third-order valence-electron chi connectivity index (χ3n) is 6.62. The van der Waals surface area contributed by atoms with Gasteiger partial charge in [0, 0.05) is 12.1 Å². The molecule has 0 aliphatic carbocycles. The van der Waals surface area contributed by atoms with Crippen LogP contribution in [0.15, 0.2) is 68.0 Å². The SMILES string of the molecule is N#C/C(=C1\N=c2ccc(OC(F)(F)F)cc2=N1)c1nc(/C(C#N)=C2/N=c3ccc(OC(F)(F)F)cc3=N2)nc(-c2c(F)c(F)c(C#N)c(F)c2F)n1. The number of nitriles is 3. The van der Waals surface area contributed by atoms with Crippen LogP contribution in [0.1, 0.15) is 17.2 Å². The molecule has 22 heteroatoms. The average Bonchev–Trinajstić information content (AvgIpc) is 3.67. The Morgan fingerprint density at radius 3 is 1.33 bits per heavy atom. The lowest BCUT2D eigenvalue weighted by Gasteiger charge is -2.10. The Morgan fingerprint density at radius 2 is 0.962 bits per heavy atom. The highest BCUT2D eigenvalue weighted by atomic mass is 19.4. The van der Waals surface area contributed by atoms with Crippen molar-refractivity contribution >= 4 is 11.1 Å². The molecule has 0 fully saturated rings. The van der Waals surface area contributed by atoms with Gasteiger partial charge < -0.3 is 9.47 Å². The Morgan fingerprint density at radius 1 is 0.558 bits per heavy atom. The van der Waals surface area contributed by atoms with Crippen LogP contribution in [0.2, 0.25) is 0 Å². The van der Waals surface area contributed by atoms with Crippen LogP contribution >= 0.6 is 0 Å². The van der Waals surface area contributed by atoms with Gasteiger partial charge in [-0.1, -0.05) is 0 Å². The second-order valence-corrected chi connectivity index (χ2v) is 9.89. The Balaban J connectivity index is 1.60. The van der Waals surface area contributed by atoms with E-state index in [1.165, 1.54) is 0 Å². The van der Waals surface area contributed by atoms with E-state index in [4.69, 9.17) is 5.26 Å².